The van der Waals surface area contributed by atoms with E-state index in [4.69, 9.17) is 32.0 Å². The Morgan fingerprint density at radius 1 is 1.14 bits per heavy atom. The lowest BCUT2D eigenvalue weighted by Crippen LogP contribution is -2.46. The fourth-order valence-corrected chi connectivity index (χ4v) is 7.35. The lowest BCUT2D eigenvalue weighted by Gasteiger charge is -2.39. The van der Waals surface area contributed by atoms with Crippen LogP contribution in [0.25, 0.3) is 21.3 Å². The number of fused-ring (bicyclic) bond motifs is 3. The number of carbonyl (C=O) groups is 1. The van der Waals surface area contributed by atoms with Crippen LogP contribution in [0.3, 0.4) is 0 Å². The molecule has 2 bridgehead atoms. The summed E-state index contributed by atoms with van der Waals surface area (Å²) in [5.74, 6) is 1.27. The molecule has 0 saturated carbocycles. The highest BCUT2D eigenvalue weighted by Crippen LogP contribution is 2.45. The monoisotopic (exact) mass is 511 g/mol. The van der Waals surface area contributed by atoms with Gasteiger partial charge in [-0.3, -0.25) is 4.79 Å². The van der Waals surface area contributed by atoms with Gasteiger partial charge in [-0.25, -0.2) is 4.98 Å². The number of carbonyl (C=O) groups excluding carboxylic acids is 1. The number of thiophene rings is 1. The number of halogens is 1. The van der Waals surface area contributed by atoms with Crippen molar-refractivity contribution in [1.82, 2.24) is 9.97 Å². The van der Waals surface area contributed by atoms with Crippen molar-refractivity contribution in [3.63, 3.8) is 0 Å². The lowest BCUT2D eigenvalue weighted by atomic mass is 9.97. The Morgan fingerprint density at radius 2 is 1.91 bits per heavy atom. The standard InChI is InChI=1S/C26H30ClN5O2S/c1-34-18-11-16-8-9-17(12-18)32(16)26-29-24(31-10-4-5-15(13-31)23(28)33)22-20(14-35-25(22)30-26)19-6-2-3-7-21(19)27/h2-3,6-7,14-18H,4-5,8-13H2,1H3,(H2,28,33). The number of nitrogens with zero attached hydrogens (tertiary/aromatic N) is 4. The molecule has 3 aromatic rings. The molecule has 3 saturated heterocycles. The first kappa shape index (κ1) is 23.0. The molecule has 2 aromatic heterocycles. The summed E-state index contributed by atoms with van der Waals surface area (Å²) in [6, 6.07) is 8.69. The van der Waals surface area contributed by atoms with Crippen molar-refractivity contribution in [2.75, 3.05) is 30.0 Å². The topological polar surface area (TPSA) is 84.6 Å². The minimum atomic E-state index is -0.239. The Kier molecular flexibility index (Phi) is 6.06. The first-order chi connectivity index (χ1) is 17.0. The average molecular weight is 512 g/mol. The van der Waals surface area contributed by atoms with Crippen LogP contribution in [0.1, 0.15) is 38.5 Å². The number of primary amides is 1. The second-order valence-corrected chi connectivity index (χ2v) is 11.2. The Labute approximate surface area is 214 Å². The molecular formula is C26H30ClN5O2S. The molecule has 3 aliphatic heterocycles. The third-order valence-electron chi connectivity index (χ3n) is 7.94. The summed E-state index contributed by atoms with van der Waals surface area (Å²) in [6.45, 7) is 1.42. The van der Waals surface area contributed by atoms with Crippen molar-refractivity contribution >= 4 is 50.8 Å². The third-order valence-corrected chi connectivity index (χ3v) is 9.15. The van der Waals surface area contributed by atoms with Crippen molar-refractivity contribution < 1.29 is 9.53 Å². The van der Waals surface area contributed by atoms with Gasteiger partial charge in [0.05, 0.1) is 17.4 Å². The fourth-order valence-electron chi connectivity index (χ4n) is 6.18. The summed E-state index contributed by atoms with van der Waals surface area (Å²) in [4.78, 5) is 28.0. The Balaban J connectivity index is 1.49. The van der Waals surface area contributed by atoms with Crippen molar-refractivity contribution in [2.24, 2.45) is 11.7 Å². The maximum atomic E-state index is 12.1. The highest BCUT2D eigenvalue weighted by atomic mass is 35.5. The highest BCUT2D eigenvalue weighted by Gasteiger charge is 2.43. The summed E-state index contributed by atoms with van der Waals surface area (Å²) in [6.07, 6.45) is 6.33. The number of aromatic nitrogens is 2. The maximum Gasteiger partial charge on any atom is 0.229 e. The van der Waals surface area contributed by atoms with E-state index in [0.717, 1.165) is 78.2 Å². The number of methoxy groups -OCH3 is 1. The van der Waals surface area contributed by atoms with Gasteiger partial charge >= 0.3 is 0 Å². The Bertz CT molecular complexity index is 1250. The molecule has 35 heavy (non-hydrogen) atoms. The van der Waals surface area contributed by atoms with Crippen molar-refractivity contribution in [3.05, 3.63) is 34.7 Å². The SMILES string of the molecule is COC1CC2CCC(C1)N2c1nc(N2CCCC(C(N)=O)C2)c2c(-c3ccccc3Cl)csc2n1. The van der Waals surface area contributed by atoms with Crippen LogP contribution in [0.15, 0.2) is 29.6 Å². The molecule has 1 amide bonds. The molecule has 9 heteroatoms. The van der Waals surface area contributed by atoms with E-state index in [0.29, 0.717) is 29.8 Å². The van der Waals surface area contributed by atoms with Crippen LogP contribution in [-0.4, -0.2) is 54.3 Å². The number of benzene rings is 1. The largest absolute Gasteiger partial charge is 0.381 e. The summed E-state index contributed by atoms with van der Waals surface area (Å²) in [5, 5.41) is 3.85. The quantitative estimate of drug-likeness (QED) is 0.526. The summed E-state index contributed by atoms with van der Waals surface area (Å²) in [7, 11) is 1.81. The van der Waals surface area contributed by atoms with E-state index in [1.54, 1.807) is 11.3 Å². The van der Waals surface area contributed by atoms with E-state index in [9.17, 15) is 4.79 Å². The van der Waals surface area contributed by atoms with Crippen LogP contribution in [-0.2, 0) is 9.53 Å². The summed E-state index contributed by atoms with van der Waals surface area (Å²) in [5.41, 5.74) is 7.74. The van der Waals surface area contributed by atoms with E-state index >= 15 is 0 Å². The molecule has 3 aliphatic rings. The molecule has 2 N–H and O–H groups in total. The zero-order chi connectivity index (χ0) is 24.1. The van der Waals surface area contributed by atoms with E-state index in [1.807, 2.05) is 31.4 Å². The number of hydrogen-bond donors (Lipinski definition) is 1. The molecule has 3 unspecified atom stereocenters. The average Bonchev–Trinajstić information content (AvgIpc) is 3.41. The number of hydrogen-bond acceptors (Lipinski definition) is 7. The van der Waals surface area contributed by atoms with Gasteiger partial charge in [0.25, 0.3) is 0 Å². The van der Waals surface area contributed by atoms with Crippen LogP contribution in [0, 0.1) is 5.92 Å². The van der Waals surface area contributed by atoms with Gasteiger partial charge in [-0.1, -0.05) is 29.8 Å². The smallest absolute Gasteiger partial charge is 0.229 e. The number of piperidine rings is 2. The van der Waals surface area contributed by atoms with E-state index in [-0.39, 0.29) is 11.8 Å². The second-order valence-electron chi connectivity index (χ2n) is 9.97. The number of rotatable bonds is 5. The van der Waals surface area contributed by atoms with Gasteiger partial charge < -0.3 is 20.3 Å². The molecule has 3 atom stereocenters. The molecule has 0 spiro atoms. The molecule has 0 radical (unpaired) electrons. The highest BCUT2D eigenvalue weighted by molar-refractivity contribution is 7.17. The minimum absolute atomic E-state index is 0.173. The Hall–Kier alpha value is -2.42. The second kappa shape index (κ2) is 9.22. The van der Waals surface area contributed by atoms with E-state index in [2.05, 4.69) is 15.2 Å². The van der Waals surface area contributed by atoms with Gasteiger partial charge in [0.2, 0.25) is 11.9 Å². The fraction of sp³-hybridized carbons (Fsp3) is 0.500. The molecule has 3 fully saturated rings. The van der Waals surface area contributed by atoms with Crippen LogP contribution in [0.2, 0.25) is 5.02 Å². The van der Waals surface area contributed by atoms with Crippen LogP contribution in [0.5, 0.6) is 0 Å². The number of amides is 1. The molecule has 0 aliphatic carbocycles. The molecule has 184 valence electrons. The van der Waals surface area contributed by atoms with Gasteiger partial charge in [0, 0.05) is 53.8 Å². The summed E-state index contributed by atoms with van der Waals surface area (Å²) >= 11 is 8.24. The zero-order valence-corrected chi connectivity index (χ0v) is 21.4. The van der Waals surface area contributed by atoms with Gasteiger partial charge in [0.1, 0.15) is 10.6 Å². The summed E-state index contributed by atoms with van der Waals surface area (Å²) < 4.78 is 5.71. The van der Waals surface area contributed by atoms with Crippen molar-refractivity contribution in [1.29, 1.82) is 0 Å². The predicted molar refractivity (Wildman–Crippen MR) is 141 cm³/mol. The van der Waals surface area contributed by atoms with Gasteiger partial charge in [-0.15, -0.1) is 11.3 Å². The van der Waals surface area contributed by atoms with Gasteiger partial charge in [-0.2, -0.15) is 4.98 Å². The first-order valence-corrected chi connectivity index (χ1v) is 13.7. The number of anilines is 2. The molecule has 1 aromatic carbocycles. The van der Waals surface area contributed by atoms with Crippen LogP contribution in [0.4, 0.5) is 11.8 Å². The molecule has 5 heterocycles. The van der Waals surface area contributed by atoms with Gasteiger partial charge in [-0.05, 0) is 44.6 Å². The molecular weight excluding hydrogens is 482 g/mol. The third kappa shape index (κ3) is 4.05. The number of nitrogens with two attached hydrogens (primary N) is 1. The van der Waals surface area contributed by atoms with Crippen LogP contribution >= 0.6 is 22.9 Å². The predicted octanol–water partition coefficient (Wildman–Crippen LogP) is 4.86. The minimum Gasteiger partial charge on any atom is -0.381 e. The molecule has 7 nitrogen and oxygen atoms in total. The van der Waals surface area contributed by atoms with Gasteiger partial charge in [0.15, 0.2) is 0 Å². The maximum absolute atomic E-state index is 12.1. The first-order valence-electron chi connectivity index (χ1n) is 12.4. The van der Waals surface area contributed by atoms with E-state index in [1.165, 1.54) is 0 Å². The normalized spacial score (nSPS) is 26.5. The van der Waals surface area contributed by atoms with Crippen LogP contribution < -0.4 is 15.5 Å². The van der Waals surface area contributed by atoms with Crippen molar-refractivity contribution in [3.8, 4) is 11.1 Å². The number of ether oxygens (including phenoxy) is 1. The Morgan fingerprint density at radius 3 is 2.63 bits per heavy atom. The van der Waals surface area contributed by atoms with Crippen molar-refractivity contribution in [2.45, 2.75) is 56.7 Å². The lowest BCUT2D eigenvalue weighted by molar-refractivity contribution is -0.122. The zero-order valence-electron chi connectivity index (χ0n) is 19.8. The molecule has 6 rings (SSSR count). The van der Waals surface area contributed by atoms with E-state index < -0.39 is 0 Å².